The average molecular weight is 278 g/mol. The van der Waals surface area contributed by atoms with Crippen molar-refractivity contribution in [2.75, 3.05) is 7.05 Å². The maximum Gasteiger partial charge on any atom is 0.133 e. The van der Waals surface area contributed by atoms with Gasteiger partial charge in [-0.25, -0.2) is 0 Å². The van der Waals surface area contributed by atoms with Crippen molar-refractivity contribution in [1.29, 1.82) is 0 Å². The standard InChI is InChI=1S/C15H16ClNO2/c1-17-9-12-13(16)6-4-8-15(12)19-14-7-3-2-5-11(14)10-18/h2-8,17-18H,9-10H2,1H3. The summed E-state index contributed by atoms with van der Waals surface area (Å²) >= 11 is 6.18. The first-order valence-electron chi connectivity index (χ1n) is 6.05. The van der Waals surface area contributed by atoms with Gasteiger partial charge >= 0.3 is 0 Å². The summed E-state index contributed by atoms with van der Waals surface area (Å²) in [5.41, 5.74) is 1.65. The van der Waals surface area contributed by atoms with E-state index in [1.54, 1.807) is 0 Å². The minimum Gasteiger partial charge on any atom is -0.457 e. The van der Waals surface area contributed by atoms with Crippen LogP contribution in [0.15, 0.2) is 42.5 Å². The van der Waals surface area contributed by atoms with Crippen LogP contribution in [0.25, 0.3) is 0 Å². The predicted octanol–water partition coefficient (Wildman–Crippen LogP) is 3.34. The van der Waals surface area contributed by atoms with E-state index in [0.29, 0.717) is 23.1 Å². The Morgan fingerprint density at radius 1 is 1.11 bits per heavy atom. The van der Waals surface area contributed by atoms with Crippen LogP contribution in [-0.2, 0) is 13.2 Å². The Hall–Kier alpha value is -1.55. The highest BCUT2D eigenvalue weighted by atomic mass is 35.5. The lowest BCUT2D eigenvalue weighted by Crippen LogP contribution is -2.07. The van der Waals surface area contributed by atoms with E-state index >= 15 is 0 Å². The largest absolute Gasteiger partial charge is 0.457 e. The quantitative estimate of drug-likeness (QED) is 0.881. The van der Waals surface area contributed by atoms with Gasteiger partial charge < -0.3 is 15.2 Å². The fourth-order valence-electron chi connectivity index (χ4n) is 1.84. The van der Waals surface area contributed by atoms with Crippen LogP contribution in [-0.4, -0.2) is 12.2 Å². The van der Waals surface area contributed by atoms with Gasteiger partial charge in [0.2, 0.25) is 0 Å². The first-order valence-corrected chi connectivity index (χ1v) is 6.42. The van der Waals surface area contributed by atoms with E-state index < -0.39 is 0 Å². The van der Waals surface area contributed by atoms with E-state index in [9.17, 15) is 5.11 Å². The molecule has 0 amide bonds. The summed E-state index contributed by atoms with van der Waals surface area (Å²) in [6.07, 6.45) is 0. The Bertz CT molecular complexity index is 558. The van der Waals surface area contributed by atoms with Crippen molar-refractivity contribution in [2.24, 2.45) is 0 Å². The van der Waals surface area contributed by atoms with Crippen molar-refractivity contribution in [3.05, 3.63) is 58.6 Å². The monoisotopic (exact) mass is 277 g/mol. The number of rotatable bonds is 5. The second kappa shape index (κ2) is 6.57. The third-order valence-corrected chi connectivity index (χ3v) is 3.15. The van der Waals surface area contributed by atoms with Gasteiger partial charge in [-0.3, -0.25) is 0 Å². The minimum atomic E-state index is -0.0574. The number of hydrogen-bond acceptors (Lipinski definition) is 3. The Kier molecular flexibility index (Phi) is 4.80. The maximum absolute atomic E-state index is 9.31. The number of para-hydroxylation sites is 1. The third-order valence-electron chi connectivity index (χ3n) is 2.79. The normalized spacial score (nSPS) is 10.5. The Labute approximate surface area is 117 Å². The van der Waals surface area contributed by atoms with Gasteiger partial charge in [-0.1, -0.05) is 35.9 Å². The zero-order valence-electron chi connectivity index (χ0n) is 10.7. The van der Waals surface area contributed by atoms with E-state index in [-0.39, 0.29) is 6.61 Å². The van der Waals surface area contributed by atoms with E-state index in [1.165, 1.54) is 0 Å². The molecule has 2 rings (SSSR count). The van der Waals surface area contributed by atoms with Gasteiger partial charge in [-0.05, 0) is 25.2 Å². The van der Waals surface area contributed by atoms with Gasteiger partial charge in [0.1, 0.15) is 11.5 Å². The highest BCUT2D eigenvalue weighted by Gasteiger charge is 2.10. The molecule has 0 saturated heterocycles. The molecule has 0 aliphatic heterocycles. The zero-order valence-corrected chi connectivity index (χ0v) is 11.4. The number of aliphatic hydroxyl groups excluding tert-OH is 1. The van der Waals surface area contributed by atoms with Crippen LogP contribution in [0.5, 0.6) is 11.5 Å². The molecule has 0 aliphatic carbocycles. The van der Waals surface area contributed by atoms with Crippen molar-refractivity contribution in [3.63, 3.8) is 0 Å². The summed E-state index contributed by atoms with van der Waals surface area (Å²) in [6.45, 7) is 0.564. The number of ether oxygens (including phenoxy) is 1. The van der Waals surface area contributed by atoms with Crippen molar-refractivity contribution >= 4 is 11.6 Å². The summed E-state index contributed by atoms with van der Waals surface area (Å²) in [4.78, 5) is 0. The van der Waals surface area contributed by atoms with Crippen molar-refractivity contribution < 1.29 is 9.84 Å². The summed E-state index contributed by atoms with van der Waals surface area (Å²) in [5.74, 6) is 1.34. The molecule has 2 N–H and O–H groups in total. The molecule has 0 spiro atoms. The molecule has 0 fully saturated rings. The molecule has 0 atom stereocenters. The van der Waals surface area contributed by atoms with Crippen molar-refractivity contribution in [1.82, 2.24) is 5.32 Å². The summed E-state index contributed by atoms with van der Waals surface area (Å²) in [5, 5.41) is 13.0. The molecule has 0 aromatic heterocycles. The lowest BCUT2D eigenvalue weighted by Gasteiger charge is -2.14. The SMILES string of the molecule is CNCc1c(Cl)cccc1Oc1ccccc1CO. The van der Waals surface area contributed by atoms with Crippen LogP contribution in [0.1, 0.15) is 11.1 Å². The van der Waals surface area contributed by atoms with Gasteiger partial charge in [-0.2, -0.15) is 0 Å². The lowest BCUT2D eigenvalue weighted by molar-refractivity contribution is 0.276. The smallest absolute Gasteiger partial charge is 0.133 e. The second-order valence-corrected chi connectivity index (χ2v) is 4.52. The summed E-state index contributed by atoms with van der Waals surface area (Å²) < 4.78 is 5.88. The molecule has 0 aliphatic rings. The number of benzene rings is 2. The van der Waals surface area contributed by atoms with E-state index in [2.05, 4.69) is 5.32 Å². The predicted molar refractivity (Wildman–Crippen MR) is 76.7 cm³/mol. The molecule has 2 aromatic rings. The van der Waals surface area contributed by atoms with Crippen molar-refractivity contribution in [3.8, 4) is 11.5 Å². The molecule has 2 aromatic carbocycles. The molecule has 0 bridgehead atoms. The summed E-state index contributed by atoms with van der Waals surface area (Å²) in [7, 11) is 1.86. The Morgan fingerprint density at radius 2 is 1.84 bits per heavy atom. The molecule has 3 nitrogen and oxygen atoms in total. The number of halogens is 1. The van der Waals surface area contributed by atoms with E-state index in [0.717, 1.165) is 11.1 Å². The molecular weight excluding hydrogens is 262 g/mol. The number of hydrogen-bond donors (Lipinski definition) is 2. The maximum atomic E-state index is 9.31. The fraction of sp³-hybridized carbons (Fsp3) is 0.200. The van der Waals surface area contributed by atoms with Crippen molar-refractivity contribution in [2.45, 2.75) is 13.2 Å². The molecule has 0 heterocycles. The highest BCUT2D eigenvalue weighted by Crippen LogP contribution is 2.31. The van der Waals surface area contributed by atoms with Gasteiger partial charge in [0.05, 0.1) is 6.61 Å². The fourth-order valence-corrected chi connectivity index (χ4v) is 2.07. The topological polar surface area (TPSA) is 41.5 Å². The highest BCUT2D eigenvalue weighted by molar-refractivity contribution is 6.31. The number of nitrogens with one attached hydrogen (secondary N) is 1. The van der Waals surface area contributed by atoms with Gasteiger partial charge in [0.25, 0.3) is 0 Å². The third kappa shape index (κ3) is 3.26. The minimum absolute atomic E-state index is 0.0574. The van der Waals surface area contributed by atoms with Gasteiger partial charge in [0, 0.05) is 22.7 Å². The molecular formula is C15H16ClNO2. The number of aliphatic hydroxyl groups is 1. The molecule has 0 unspecified atom stereocenters. The van der Waals surface area contributed by atoms with Crippen LogP contribution >= 0.6 is 11.6 Å². The lowest BCUT2D eigenvalue weighted by atomic mass is 10.2. The first-order chi connectivity index (χ1) is 9.26. The van der Waals surface area contributed by atoms with Gasteiger partial charge in [-0.15, -0.1) is 0 Å². The van der Waals surface area contributed by atoms with Gasteiger partial charge in [0.15, 0.2) is 0 Å². The molecule has 0 radical (unpaired) electrons. The zero-order chi connectivity index (χ0) is 13.7. The average Bonchev–Trinajstić information content (AvgIpc) is 2.43. The van der Waals surface area contributed by atoms with Crippen LogP contribution in [0.4, 0.5) is 0 Å². The Morgan fingerprint density at radius 3 is 2.58 bits per heavy atom. The Balaban J connectivity index is 2.35. The summed E-state index contributed by atoms with van der Waals surface area (Å²) in [6, 6.07) is 12.9. The molecule has 100 valence electrons. The molecule has 4 heteroatoms. The first kappa shape index (κ1) is 13.9. The van der Waals surface area contributed by atoms with Crippen LogP contribution in [0.2, 0.25) is 5.02 Å². The molecule has 19 heavy (non-hydrogen) atoms. The van der Waals surface area contributed by atoms with Crippen LogP contribution in [0.3, 0.4) is 0 Å². The second-order valence-electron chi connectivity index (χ2n) is 4.11. The van der Waals surface area contributed by atoms with Crippen LogP contribution < -0.4 is 10.1 Å². The van der Waals surface area contributed by atoms with E-state index in [1.807, 2.05) is 49.5 Å². The molecule has 0 saturated carbocycles. The van der Waals surface area contributed by atoms with E-state index in [4.69, 9.17) is 16.3 Å². The van der Waals surface area contributed by atoms with Crippen LogP contribution in [0, 0.1) is 0 Å².